The molecule has 0 radical (unpaired) electrons. The van der Waals surface area contributed by atoms with E-state index < -0.39 is 11.8 Å². The molecule has 8 nitrogen and oxygen atoms in total. The molecule has 0 unspecified atom stereocenters. The molecule has 27 heavy (non-hydrogen) atoms. The van der Waals surface area contributed by atoms with E-state index in [4.69, 9.17) is 9.47 Å². The maximum atomic E-state index is 11.9. The number of hydrogen-bond donors (Lipinski definition) is 3. The molecule has 0 aromatic heterocycles. The number of aromatic hydroxyl groups is 1. The minimum atomic E-state index is -0.913. The van der Waals surface area contributed by atoms with Crippen molar-refractivity contribution >= 4 is 23.7 Å². The summed E-state index contributed by atoms with van der Waals surface area (Å²) in [4.78, 5) is 23.7. The van der Waals surface area contributed by atoms with Crippen LogP contribution in [0.15, 0.2) is 47.6 Å². The summed E-state index contributed by atoms with van der Waals surface area (Å²) in [6.45, 7) is 4.61. The van der Waals surface area contributed by atoms with Gasteiger partial charge in [0.15, 0.2) is 11.5 Å². The first-order valence-electron chi connectivity index (χ1n) is 8.36. The summed E-state index contributed by atoms with van der Waals surface area (Å²) in [6, 6.07) is 11.2. The van der Waals surface area contributed by atoms with Crippen LogP contribution in [0.5, 0.6) is 17.2 Å². The molecule has 2 aromatic rings. The van der Waals surface area contributed by atoms with Crippen LogP contribution in [-0.2, 0) is 9.59 Å². The van der Waals surface area contributed by atoms with Crippen molar-refractivity contribution < 1.29 is 24.2 Å². The number of carbonyl (C=O) groups excluding carboxylic acids is 2. The first kappa shape index (κ1) is 19.8. The zero-order valence-electron chi connectivity index (χ0n) is 15.1. The molecule has 0 spiro atoms. The fourth-order valence-corrected chi connectivity index (χ4v) is 2.09. The predicted octanol–water partition coefficient (Wildman–Crippen LogP) is 2.28. The molecule has 2 rings (SSSR count). The summed E-state index contributed by atoms with van der Waals surface area (Å²) in [7, 11) is 0. The molecule has 0 aliphatic heterocycles. The highest BCUT2D eigenvalue weighted by molar-refractivity contribution is 6.39. The van der Waals surface area contributed by atoms with Gasteiger partial charge in [0.05, 0.1) is 19.4 Å². The maximum Gasteiger partial charge on any atom is 0.329 e. The van der Waals surface area contributed by atoms with Gasteiger partial charge >= 0.3 is 11.8 Å². The average Bonchev–Trinajstić information content (AvgIpc) is 2.66. The van der Waals surface area contributed by atoms with Gasteiger partial charge in [-0.25, -0.2) is 5.43 Å². The Bertz CT molecular complexity index is 819. The summed E-state index contributed by atoms with van der Waals surface area (Å²) in [5.41, 5.74) is 3.19. The van der Waals surface area contributed by atoms with Crippen molar-refractivity contribution in [3.05, 3.63) is 48.0 Å². The normalized spacial score (nSPS) is 10.4. The lowest BCUT2D eigenvalue weighted by Gasteiger charge is -2.07. The largest absolute Gasteiger partial charge is 0.504 e. The minimum Gasteiger partial charge on any atom is -0.504 e. The molecule has 0 atom stereocenters. The fourth-order valence-electron chi connectivity index (χ4n) is 2.09. The second-order valence-electron chi connectivity index (χ2n) is 5.27. The summed E-state index contributed by atoms with van der Waals surface area (Å²) >= 11 is 0. The Labute approximate surface area is 156 Å². The highest BCUT2D eigenvalue weighted by Crippen LogP contribution is 2.26. The molecule has 3 N–H and O–H groups in total. The quantitative estimate of drug-likeness (QED) is 0.393. The zero-order valence-corrected chi connectivity index (χ0v) is 15.1. The number of anilines is 1. The van der Waals surface area contributed by atoms with E-state index in [-0.39, 0.29) is 5.75 Å². The van der Waals surface area contributed by atoms with E-state index in [1.165, 1.54) is 12.3 Å². The monoisotopic (exact) mass is 371 g/mol. The van der Waals surface area contributed by atoms with Crippen LogP contribution < -0.4 is 20.2 Å². The second-order valence-corrected chi connectivity index (χ2v) is 5.27. The lowest BCUT2D eigenvalue weighted by Crippen LogP contribution is -2.32. The number of nitrogens with zero attached hydrogens (tertiary/aromatic N) is 1. The van der Waals surface area contributed by atoms with Crippen molar-refractivity contribution in [2.45, 2.75) is 13.8 Å². The topological polar surface area (TPSA) is 109 Å². The number of hydrazone groups is 1. The molecule has 8 heteroatoms. The van der Waals surface area contributed by atoms with Gasteiger partial charge < -0.3 is 19.9 Å². The number of benzene rings is 2. The standard InChI is InChI=1S/C19H21N3O5/c1-3-26-15-8-6-14(7-9-15)21-18(24)19(25)22-20-12-13-5-10-16(23)17(11-13)27-4-2/h5-12,23H,3-4H2,1-2H3,(H,21,24)(H,22,25). The predicted molar refractivity (Wildman–Crippen MR) is 101 cm³/mol. The van der Waals surface area contributed by atoms with E-state index in [1.54, 1.807) is 43.3 Å². The van der Waals surface area contributed by atoms with Crippen molar-refractivity contribution in [2.24, 2.45) is 5.10 Å². The van der Waals surface area contributed by atoms with Crippen molar-refractivity contribution in [1.29, 1.82) is 0 Å². The molecule has 0 saturated carbocycles. The van der Waals surface area contributed by atoms with Gasteiger partial charge in [-0.15, -0.1) is 0 Å². The third-order valence-corrected chi connectivity index (χ3v) is 3.29. The maximum absolute atomic E-state index is 11.9. The van der Waals surface area contributed by atoms with Gasteiger partial charge in [0.1, 0.15) is 5.75 Å². The lowest BCUT2D eigenvalue weighted by molar-refractivity contribution is -0.136. The molecule has 0 aliphatic carbocycles. The van der Waals surface area contributed by atoms with Crippen LogP contribution >= 0.6 is 0 Å². The van der Waals surface area contributed by atoms with Gasteiger partial charge in [0.2, 0.25) is 0 Å². The number of nitrogens with one attached hydrogen (secondary N) is 2. The van der Waals surface area contributed by atoms with E-state index in [9.17, 15) is 14.7 Å². The number of phenols is 1. The van der Waals surface area contributed by atoms with Crippen molar-refractivity contribution in [3.63, 3.8) is 0 Å². The van der Waals surface area contributed by atoms with Crippen LogP contribution in [0.3, 0.4) is 0 Å². The van der Waals surface area contributed by atoms with Crippen LogP contribution in [0, 0.1) is 0 Å². The van der Waals surface area contributed by atoms with E-state index in [2.05, 4.69) is 15.8 Å². The Morgan fingerprint density at radius 1 is 1.04 bits per heavy atom. The van der Waals surface area contributed by atoms with E-state index in [0.717, 1.165) is 0 Å². The summed E-state index contributed by atoms with van der Waals surface area (Å²) in [5, 5.41) is 15.8. The number of hydrogen-bond acceptors (Lipinski definition) is 6. The van der Waals surface area contributed by atoms with E-state index in [0.29, 0.717) is 36.0 Å². The number of amides is 2. The fraction of sp³-hybridized carbons (Fsp3) is 0.211. The molecule has 0 heterocycles. The first-order chi connectivity index (χ1) is 13.0. The molecule has 0 bridgehead atoms. The van der Waals surface area contributed by atoms with Crippen molar-refractivity contribution in [3.8, 4) is 17.2 Å². The third kappa shape index (κ3) is 6.03. The Morgan fingerprint density at radius 2 is 1.74 bits per heavy atom. The lowest BCUT2D eigenvalue weighted by atomic mass is 10.2. The third-order valence-electron chi connectivity index (χ3n) is 3.29. The van der Waals surface area contributed by atoms with Crippen LogP contribution in [0.1, 0.15) is 19.4 Å². The minimum absolute atomic E-state index is 0.00719. The van der Waals surface area contributed by atoms with Crippen molar-refractivity contribution in [2.75, 3.05) is 18.5 Å². The van der Waals surface area contributed by atoms with Gasteiger partial charge in [0, 0.05) is 5.69 Å². The van der Waals surface area contributed by atoms with Crippen LogP contribution in [0.2, 0.25) is 0 Å². The van der Waals surface area contributed by atoms with Gasteiger partial charge in [-0.2, -0.15) is 5.10 Å². The Morgan fingerprint density at radius 3 is 2.41 bits per heavy atom. The molecule has 2 amide bonds. The van der Waals surface area contributed by atoms with Crippen LogP contribution in [0.25, 0.3) is 0 Å². The molecule has 0 saturated heterocycles. The van der Waals surface area contributed by atoms with E-state index in [1.807, 2.05) is 6.92 Å². The number of phenolic OH excluding ortho intramolecular Hbond substituents is 1. The Balaban J connectivity index is 1.89. The van der Waals surface area contributed by atoms with Gasteiger partial charge in [-0.05, 0) is 61.9 Å². The summed E-state index contributed by atoms with van der Waals surface area (Å²) < 4.78 is 10.6. The van der Waals surface area contributed by atoms with Gasteiger partial charge in [0.25, 0.3) is 0 Å². The molecular formula is C19H21N3O5. The van der Waals surface area contributed by atoms with Gasteiger partial charge in [-0.1, -0.05) is 0 Å². The number of rotatable bonds is 7. The number of ether oxygens (including phenoxy) is 2. The highest BCUT2D eigenvalue weighted by atomic mass is 16.5. The Hall–Kier alpha value is -3.55. The molecular weight excluding hydrogens is 350 g/mol. The summed E-state index contributed by atoms with van der Waals surface area (Å²) in [6.07, 6.45) is 1.34. The van der Waals surface area contributed by atoms with E-state index >= 15 is 0 Å². The zero-order chi connectivity index (χ0) is 19.6. The van der Waals surface area contributed by atoms with Crippen LogP contribution in [-0.4, -0.2) is 36.3 Å². The second kappa shape index (κ2) is 9.81. The number of carbonyl (C=O) groups is 2. The molecule has 2 aromatic carbocycles. The van der Waals surface area contributed by atoms with Crippen LogP contribution in [0.4, 0.5) is 5.69 Å². The average molecular weight is 371 g/mol. The smallest absolute Gasteiger partial charge is 0.329 e. The molecule has 142 valence electrons. The Kier molecular flexibility index (Phi) is 7.18. The summed E-state index contributed by atoms with van der Waals surface area (Å²) in [5.74, 6) is -0.778. The molecule has 0 fully saturated rings. The highest BCUT2D eigenvalue weighted by Gasteiger charge is 2.12. The van der Waals surface area contributed by atoms with Gasteiger partial charge in [-0.3, -0.25) is 9.59 Å². The SMILES string of the molecule is CCOc1ccc(NC(=O)C(=O)NN=Cc2ccc(O)c(OCC)c2)cc1. The first-order valence-corrected chi connectivity index (χ1v) is 8.36. The van der Waals surface area contributed by atoms with Crippen molar-refractivity contribution in [1.82, 2.24) is 5.43 Å². The molecule has 0 aliphatic rings.